The van der Waals surface area contributed by atoms with Crippen LogP contribution in [0, 0.1) is 0 Å². The number of anilines is 2. The number of carbonyl (C=O) groups excluding carboxylic acids is 1. The van der Waals surface area contributed by atoms with Crippen molar-refractivity contribution in [3.8, 4) is 0 Å². The fourth-order valence-corrected chi connectivity index (χ4v) is 1.17. The Labute approximate surface area is 63.4 Å². The van der Waals surface area contributed by atoms with Gasteiger partial charge < -0.3 is 11.1 Å². The van der Waals surface area contributed by atoms with E-state index in [2.05, 4.69) is 10.3 Å². The third-order valence-electron chi connectivity index (χ3n) is 1.68. The molecule has 1 aliphatic rings. The Morgan fingerprint density at radius 2 is 2.45 bits per heavy atom. The number of rotatable bonds is 0. The number of nitrogens with zero attached hydrogens (tertiary/aromatic N) is 1. The molecule has 11 heavy (non-hydrogen) atoms. The van der Waals surface area contributed by atoms with Crippen LogP contribution in [-0.4, -0.2) is 10.9 Å². The van der Waals surface area contributed by atoms with Gasteiger partial charge in [0.05, 0.1) is 12.1 Å². The summed E-state index contributed by atoms with van der Waals surface area (Å²) in [5.74, 6) is 0.382. The third kappa shape index (κ3) is 0.832. The number of aromatic nitrogens is 1. The SMILES string of the molecule is Nc1nccc2c1NC(=O)C2. The van der Waals surface area contributed by atoms with Gasteiger partial charge in [0, 0.05) is 6.20 Å². The minimum Gasteiger partial charge on any atom is -0.382 e. The minimum absolute atomic E-state index is 0.0142. The van der Waals surface area contributed by atoms with Crippen LogP contribution in [0.2, 0.25) is 0 Å². The molecule has 0 saturated heterocycles. The van der Waals surface area contributed by atoms with Crippen molar-refractivity contribution in [2.24, 2.45) is 0 Å². The van der Waals surface area contributed by atoms with Crippen molar-refractivity contribution >= 4 is 17.4 Å². The number of fused-ring (bicyclic) bond motifs is 1. The highest BCUT2D eigenvalue weighted by molar-refractivity contribution is 6.01. The maximum Gasteiger partial charge on any atom is 0.228 e. The average Bonchev–Trinajstić information content (AvgIpc) is 2.31. The monoisotopic (exact) mass is 149 g/mol. The van der Waals surface area contributed by atoms with Gasteiger partial charge in [0.2, 0.25) is 5.91 Å². The van der Waals surface area contributed by atoms with E-state index in [9.17, 15) is 4.79 Å². The number of carbonyl (C=O) groups is 1. The quantitative estimate of drug-likeness (QED) is 0.552. The molecule has 0 unspecified atom stereocenters. The van der Waals surface area contributed by atoms with Crippen LogP contribution in [0.4, 0.5) is 11.5 Å². The lowest BCUT2D eigenvalue weighted by molar-refractivity contribution is -0.115. The predicted molar refractivity (Wildman–Crippen MR) is 41.0 cm³/mol. The summed E-state index contributed by atoms with van der Waals surface area (Å²) in [5.41, 5.74) is 7.12. The Morgan fingerprint density at radius 1 is 1.64 bits per heavy atom. The average molecular weight is 149 g/mol. The number of nitrogens with two attached hydrogens (primary N) is 1. The number of pyridine rings is 1. The second-order valence-corrected chi connectivity index (χ2v) is 2.46. The molecule has 2 rings (SSSR count). The van der Waals surface area contributed by atoms with Crippen molar-refractivity contribution in [3.63, 3.8) is 0 Å². The second kappa shape index (κ2) is 1.95. The van der Waals surface area contributed by atoms with Gasteiger partial charge in [0.1, 0.15) is 5.82 Å². The van der Waals surface area contributed by atoms with Crippen molar-refractivity contribution in [1.29, 1.82) is 0 Å². The first-order chi connectivity index (χ1) is 5.27. The molecule has 1 aliphatic heterocycles. The molecule has 4 heteroatoms. The first kappa shape index (κ1) is 6.15. The Balaban J connectivity index is 2.57. The summed E-state index contributed by atoms with van der Waals surface area (Å²) in [6.07, 6.45) is 2.02. The third-order valence-corrected chi connectivity index (χ3v) is 1.68. The smallest absolute Gasteiger partial charge is 0.228 e. The maximum atomic E-state index is 10.9. The van der Waals surface area contributed by atoms with Crippen LogP contribution in [0.1, 0.15) is 5.56 Å². The number of hydrogen-bond acceptors (Lipinski definition) is 3. The normalized spacial score (nSPS) is 14.4. The van der Waals surface area contributed by atoms with Gasteiger partial charge in [-0.1, -0.05) is 0 Å². The fraction of sp³-hybridized carbons (Fsp3) is 0.143. The molecule has 56 valence electrons. The van der Waals surface area contributed by atoms with E-state index in [0.717, 1.165) is 5.56 Å². The summed E-state index contributed by atoms with van der Waals surface area (Å²) in [7, 11) is 0. The van der Waals surface area contributed by atoms with E-state index in [1.165, 1.54) is 0 Å². The van der Waals surface area contributed by atoms with Crippen molar-refractivity contribution in [2.45, 2.75) is 6.42 Å². The number of amides is 1. The van der Waals surface area contributed by atoms with Gasteiger partial charge in [-0.2, -0.15) is 0 Å². The molecule has 1 aromatic rings. The molecule has 0 aliphatic carbocycles. The first-order valence-electron chi connectivity index (χ1n) is 3.30. The van der Waals surface area contributed by atoms with E-state index in [0.29, 0.717) is 17.9 Å². The molecule has 2 heterocycles. The molecule has 4 nitrogen and oxygen atoms in total. The highest BCUT2D eigenvalue weighted by atomic mass is 16.1. The van der Waals surface area contributed by atoms with Gasteiger partial charge in [-0.3, -0.25) is 4.79 Å². The lowest BCUT2D eigenvalue weighted by Gasteiger charge is -1.99. The first-order valence-corrected chi connectivity index (χ1v) is 3.30. The summed E-state index contributed by atoms with van der Waals surface area (Å²) >= 11 is 0. The van der Waals surface area contributed by atoms with E-state index in [1.807, 2.05) is 0 Å². The van der Waals surface area contributed by atoms with Crippen LogP contribution >= 0.6 is 0 Å². The van der Waals surface area contributed by atoms with Crippen molar-refractivity contribution in [3.05, 3.63) is 17.8 Å². The predicted octanol–water partition coefficient (Wildman–Crippen LogP) is 0.158. The van der Waals surface area contributed by atoms with Gasteiger partial charge in [-0.25, -0.2) is 4.98 Å². The number of nitrogen functional groups attached to an aromatic ring is 1. The van der Waals surface area contributed by atoms with E-state index in [-0.39, 0.29) is 5.91 Å². The molecule has 0 fully saturated rings. The molecule has 0 bridgehead atoms. The number of nitrogens with one attached hydrogen (secondary N) is 1. The fourth-order valence-electron chi connectivity index (χ4n) is 1.17. The van der Waals surface area contributed by atoms with Crippen LogP contribution in [-0.2, 0) is 11.2 Å². The Hall–Kier alpha value is -1.58. The van der Waals surface area contributed by atoms with Gasteiger partial charge in [0.15, 0.2) is 0 Å². The van der Waals surface area contributed by atoms with E-state index in [4.69, 9.17) is 5.73 Å². The summed E-state index contributed by atoms with van der Waals surface area (Å²) in [6.45, 7) is 0. The molecule has 0 atom stereocenters. The zero-order valence-corrected chi connectivity index (χ0v) is 5.79. The Morgan fingerprint density at radius 3 is 3.18 bits per heavy atom. The lowest BCUT2D eigenvalue weighted by Crippen LogP contribution is -2.05. The number of hydrogen-bond donors (Lipinski definition) is 2. The zero-order valence-electron chi connectivity index (χ0n) is 5.79. The molecule has 0 radical (unpaired) electrons. The van der Waals surface area contributed by atoms with Crippen LogP contribution < -0.4 is 11.1 Å². The molecule has 1 amide bonds. The van der Waals surface area contributed by atoms with E-state index < -0.39 is 0 Å². The van der Waals surface area contributed by atoms with Crippen LogP contribution in [0.3, 0.4) is 0 Å². The summed E-state index contributed by atoms with van der Waals surface area (Å²) in [6, 6.07) is 1.80. The van der Waals surface area contributed by atoms with Crippen molar-refractivity contribution in [1.82, 2.24) is 4.98 Å². The Kier molecular flexibility index (Phi) is 1.09. The van der Waals surface area contributed by atoms with Crippen LogP contribution in [0.15, 0.2) is 12.3 Å². The van der Waals surface area contributed by atoms with Crippen molar-refractivity contribution in [2.75, 3.05) is 11.1 Å². The Bertz CT molecular complexity index is 321. The van der Waals surface area contributed by atoms with Crippen LogP contribution in [0.5, 0.6) is 0 Å². The topological polar surface area (TPSA) is 68.0 Å². The zero-order chi connectivity index (χ0) is 7.84. The second-order valence-electron chi connectivity index (χ2n) is 2.46. The summed E-state index contributed by atoms with van der Waals surface area (Å²) in [4.78, 5) is 14.7. The van der Waals surface area contributed by atoms with Gasteiger partial charge in [-0.05, 0) is 11.6 Å². The lowest BCUT2D eigenvalue weighted by atomic mass is 10.2. The standard InChI is InChI=1S/C7H7N3O/c8-7-6-4(1-2-9-7)3-5(11)10-6/h1-2H,3H2,(H2,8,9)(H,10,11). The van der Waals surface area contributed by atoms with Gasteiger partial charge >= 0.3 is 0 Å². The van der Waals surface area contributed by atoms with E-state index in [1.54, 1.807) is 12.3 Å². The molecule has 0 spiro atoms. The van der Waals surface area contributed by atoms with Crippen molar-refractivity contribution < 1.29 is 4.79 Å². The highest BCUT2D eigenvalue weighted by Crippen LogP contribution is 2.26. The summed E-state index contributed by atoms with van der Waals surface area (Å²) in [5, 5.41) is 2.64. The van der Waals surface area contributed by atoms with E-state index >= 15 is 0 Å². The van der Waals surface area contributed by atoms with Gasteiger partial charge in [-0.15, -0.1) is 0 Å². The molecule has 0 aromatic carbocycles. The van der Waals surface area contributed by atoms with Crippen LogP contribution in [0.25, 0.3) is 0 Å². The minimum atomic E-state index is -0.0142. The molecular weight excluding hydrogens is 142 g/mol. The molecule has 3 N–H and O–H groups in total. The molecule has 0 saturated carbocycles. The molecule has 1 aromatic heterocycles. The largest absolute Gasteiger partial charge is 0.382 e. The molecular formula is C7H7N3O. The maximum absolute atomic E-state index is 10.9. The highest BCUT2D eigenvalue weighted by Gasteiger charge is 2.19. The summed E-state index contributed by atoms with van der Waals surface area (Å²) < 4.78 is 0. The van der Waals surface area contributed by atoms with Gasteiger partial charge in [0.25, 0.3) is 0 Å².